The molecule has 0 aliphatic rings. The molecule has 0 aliphatic heterocycles. The molecule has 0 spiro atoms. The van der Waals surface area contributed by atoms with Gasteiger partial charge in [0, 0.05) is 5.92 Å². The lowest BCUT2D eigenvalue weighted by atomic mass is 9.98. The molecule has 2 atom stereocenters. The van der Waals surface area contributed by atoms with Crippen LogP contribution in [0.1, 0.15) is 24.0 Å². The highest BCUT2D eigenvalue weighted by Gasteiger charge is 2.28. The number of sulfonamides is 1. The van der Waals surface area contributed by atoms with E-state index in [4.69, 9.17) is 21.5 Å². The van der Waals surface area contributed by atoms with E-state index in [1.165, 1.54) is 6.07 Å². The van der Waals surface area contributed by atoms with Crippen molar-refractivity contribution in [3.8, 4) is 0 Å². The van der Waals surface area contributed by atoms with Crippen LogP contribution < -0.4 is 5.14 Å². The summed E-state index contributed by atoms with van der Waals surface area (Å²) in [5.41, 5.74) is 1.39. The summed E-state index contributed by atoms with van der Waals surface area (Å²) in [6.45, 7) is 1.87. The molecule has 2 aromatic rings. The Morgan fingerprint density at radius 2 is 2.00 bits per heavy atom. The topological polar surface area (TPSA) is 89.6 Å². The van der Waals surface area contributed by atoms with Crippen LogP contribution in [0.3, 0.4) is 0 Å². The maximum atomic E-state index is 11.7. The predicted octanol–water partition coefficient (Wildman–Crippen LogP) is 2.73. The van der Waals surface area contributed by atoms with Crippen molar-refractivity contribution in [1.82, 2.24) is 0 Å². The number of aliphatic hydroxyl groups excluding tert-OH is 1. The number of hydrogen-bond donors (Lipinski definition) is 2. The first kappa shape index (κ1) is 18.4. The summed E-state index contributed by atoms with van der Waals surface area (Å²) in [6, 6.07) is 11.1. The maximum absolute atomic E-state index is 11.7. The summed E-state index contributed by atoms with van der Waals surface area (Å²) in [6.07, 6.45) is -0.411. The van der Waals surface area contributed by atoms with Gasteiger partial charge in [0.25, 0.3) is 0 Å². The fraction of sp³-hybridized carbons (Fsp3) is 0.333. The zero-order valence-electron chi connectivity index (χ0n) is 12.5. The standard InChI is InChI=1S/C15H18ClNO4S2/c1-10(21-9-11-5-3-2-4-6-11)13(8-18)12-7-14(16)22-15(12)23(17,19)20/h2-7,10,13,18H,8-9H2,1H3,(H2,17,19,20)/t10-,13+/m0/s1. The van der Waals surface area contributed by atoms with Crippen molar-refractivity contribution in [2.45, 2.75) is 29.8 Å². The Balaban J connectivity index is 2.19. The third kappa shape index (κ3) is 4.76. The quantitative estimate of drug-likeness (QED) is 0.778. The van der Waals surface area contributed by atoms with Crippen molar-refractivity contribution < 1.29 is 18.3 Å². The molecule has 0 amide bonds. The first-order valence-electron chi connectivity index (χ1n) is 6.91. The molecule has 0 radical (unpaired) electrons. The molecule has 3 N–H and O–H groups in total. The predicted molar refractivity (Wildman–Crippen MR) is 91.2 cm³/mol. The van der Waals surface area contributed by atoms with E-state index in [0.717, 1.165) is 16.9 Å². The van der Waals surface area contributed by atoms with Crippen LogP contribution in [0.4, 0.5) is 0 Å². The minimum atomic E-state index is -3.90. The van der Waals surface area contributed by atoms with E-state index in [9.17, 15) is 13.5 Å². The zero-order valence-corrected chi connectivity index (χ0v) is 14.9. The number of rotatable bonds is 7. The Bertz CT molecular complexity index is 746. The van der Waals surface area contributed by atoms with E-state index in [0.29, 0.717) is 16.5 Å². The molecule has 5 nitrogen and oxygen atoms in total. The molecule has 1 heterocycles. The van der Waals surface area contributed by atoms with Crippen molar-refractivity contribution in [3.05, 3.63) is 51.9 Å². The van der Waals surface area contributed by atoms with Gasteiger partial charge in [-0.15, -0.1) is 11.3 Å². The second-order valence-electron chi connectivity index (χ2n) is 5.13. The molecule has 2 rings (SSSR count). The lowest BCUT2D eigenvalue weighted by molar-refractivity contribution is 0.0198. The van der Waals surface area contributed by atoms with E-state index in [1.54, 1.807) is 6.92 Å². The van der Waals surface area contributed by atoms with Gasteiger partial charge in [-0.1, -0.05) is 41.9 Å². The van der Waals surface area contributed by atoms with Gasteiger partial charge < -0.3 is 9.84 Å². The molecule has 0 aliphatic carbocycles. The Labute approximate surface area is 144 Å². The van der Waals surface area contributed by atoms with Crippen molar-refractivity contribution in [3.63, 3.8) is 0 Å². The van der Waals surface area contributed by atoms with E-state index in [1.807, 2.05) is 30.3 Å². The van der Waals surface area contributed by atoms with Gasteiger partial charge in [-0.3, -0.25) is 0 Å². The van der Waals surface area contributed by atoms with E-state index >= 15 is 0 Å². The van der Waals surface area contributed by atoms with Crippen molar-refractivity contribution in [2.75, 3.05) is 6.61 Å². The molecule has 1 aromatic carbocycles. The summed E-state index contributed by atoms with van der Waals surface area (Å²) >= 11 is 6.81. The van der Waals surface area contributed by atoms with Crippen molar-refractivity contribution >= 4 is 33.0 Å². The number of benzene rings is 1. The summed E-state index contributed by atoms with van der Waals surface area (Å²) < 4.78 is 29.4. The highest BCUT2D eigenvalue weighted by molar-refractivity contribution is 7.91. The van der Waals surface area contributed by atoms with Gasteiger partial charge in [-0.05, 0) is 24.1 Å². The van der Waals surface area contributed by atoms with Crippen LogP contribution in [-0.2, 0) is 21.4 Å². The second-order valence-corrected chi connectivity index (χ2v) is 8.57. The fourth-order valence-corrected chi connectivity index (χ4v) is 4.71. The second kappa shape index (κ2) is 7.74. The number of primary sulfonamides is 1. The van der Waals surface area contributed by atoms with Crippen LogP contribution in [-0.4, -0.2) is 26.2 Å². The third-order valence-electron chi connectivity index (χ3n) is 3.47. The number of ether oxygens (including phenoxy) is 1. The summed E-state index contributed by atoms with van der Waals surface area (Å²) in [5, 5.41) is 14.9. The molecular formula is C15H18ClNO4S2. The molecule has 1 aromatic heterocycles. The van der Waals surface area contributed by atoms with Gasteiger partial charge in [0.05, 0.1) is 23.7 Å². The largest absolute Gasteiger partial charge is 0.396 e. The molecule has 8 heteroatoms. The smallest absolute Gasteiger partial charge is 0.247 e. The first-order valence-corrected chi connectivity index (χ1v) is 9.65. The van der Waals surface area contributed by atoms with Crippen LogP contribution in [0, 0.1) is 0 Å². The van der Waals surface area contributed by atoms with Crippen molar-refractivity contribution in [2.24, 2.45) is 5.14 Å². The van der Waals surface area contributed by atoms with Gasteiger partial charge in [0.15, 0.2) is 0 Å². The van der Waals surface area contributed by atoms with E-state index in [-0.39, 0.29) is 10.8 Å². The summed E-state index contributed by atoms with van der Waals surface area (Å²) in [5.74, 6) is -0.532. The highest BCUT2D eigenvalue weighted by atomic mass is 35.5. The number of thiophene rings is 1. The normalized spacial score (nSPS) is 14.6. The van der Waals surface area contributed by atoms with Gasteiger partial charge >= 0.3 is 0 Å². The molecule has 126 valence electrons. The monoisotopic (exact) mass is 375 g/mol. The van der Waals surface area contributed by atoms with Crippen LogP contribution in [0.5, 0.6) is 0 Å². The SMILES string of the molecule is C[C@H](OCc1ccccc1)[C@@H](CO)c1cc(Cl)sc1S(N)(=O)=O. The average Bonchev–Trinajstić information content (AvgIpc) is 2.89. The molecule has 0 bridgehead atoms. The average molecular weight is 376 g/mol. The maximum Gasteiger partial charge on any atom is 0.247 e. The Morgan fingerprint density at radius 3 is 2.57 bits per heavy atom. The summed E-state index contributed by atoms with van der Waals surface area (Å²) in [7, 11) is -3.90. The molecule has 23 heavy (non-hydrogen) atoms. The van der Waals surface area contributed by atoms with E-state index in [2.05, 4.69) is 0 Å². The lowest BCUT2D eigenvalue weighted by Crippen LogP contribution is -2.24. The van der Waals surface area contributed by atoms with Crippen LogP contribution >= 0.6 is 22.9 Å². The van der Waals surface area contributed by atoms with E-state index < -0.39 is 22.0 Å². The summed E-state index contributed by atoms with van der Waals surface area (Å²) in [4.78, 5) is 0. The number of nitrogens with two attached hydrogens (primary N) is 1. The third-order valence-corrected chi connectivity index (χ3v) is 6.25. The molecular weight excluding hydrogens is 358 g/mol. The highest BCUT2D eigenvalue weighted by Crippen LogP contribution is 2.36. The minimum Gasteiger partial charge on any atom is -0.396 e. The van der Waals surface area contributed by atoms with Crippen molar-refractivity contribution in [1.29, 1.82) is 0 Å². The Morgan fingerprint density at radius 1 is 1.35 bits per heavy atom. The zero-order chi connectivity index (χ0) is 17.0. The van der Waals surface area contributed by atoms with Gasteiger partial charge in [0.2, 0.25) is 10.0 Å². The van der Waals surface area contributed by atoms with Crippen LogP contribution in [0.15, 0.2) is 40.6 Å². The van der Waals surface area contributed by atoms with Gasteiger partial charge in [-0.2, -0.15) is 0 Å². The molecule has 0 saturated carbocycles. The van der Waals surface area contributed by atoms with Crippen LogP contribution in [0.2, 0.25) is 4.34 Å². The molecule has 0 fully saturated rings. The minimum absolute atomic E-state index is 0.0308. The number of hydrogen-bond acceptors (Lipinski definition) is 5. The number of aliphatic hydroxyl groups is 1. The Kier molecular flexibility index (Phi) is 6.19. The molecule has 0 unspecified atom stereocenters. The van der Waals surface area contributed by atoms with Gasteiger partial charge in [-0.25, -0.2) is 13.6 Å². The Hall–Kier alpha value is -0.960. The van der Waals surface area contributed by atoms with Gasteiger partial charge in [0.1, 0.15) is 4.21 Å². The molecule has 0 saturated heterocycles. The first-order chi connectivity index (χ1) is 10.8. The van der Waals surface area contributed by atoms with Crippen LogP contribution in [0.25, 0.3) is 0 Å². The lowest BCUT2D eigenvalue weighted by Gasteiger charge is -2.23. The number of halogens is 1. The fourth-order valence-electron chi connectivity index (χ4n) is 2.26.